The highest BCUT2D eigenvalue weighted by atomic mass is 16.5. The fourth-order valence-corrected chi connectivity index (χ4v) is 4.94. The average Bonchev–Trinajstić information content (AvgIpc) is 3.44. The molecule has 114 valence electrons. The highest BCUT2D eigenvalue weighted by Crippen LogP contribution is 2.58. The van der Waals surface area contributed by atoms with Crippen molar-refractivity contribution in [1.29, 1.82) is 0 Å². The van der Waals surface area contributed by atoms with E-state index in [9.17, 15) is 9.59 Å². The van der Waals surface area contributed by atoms with Crippen molar-refractivity contribution in [2.24, 2.45) is 29.6 Å². The zero-order valence-corrected chi connectivity index (χ0v) is 12.7. The van der Waals surface area contributed by atoms with Gasteiger partial charge in [0.25, 0.3) is 0 Å². The van der Waals surface area contributed by atoms with Crippen molar-refractivity contribution in [3.63, 3.8) is 0 Å². The van der Waals surface area contributed by atoms with Crippen molar-refractivity contribution in [3.8, 4) is 0 Å². The number of carbonyl (C=O) groups is 2. The Balaban J connectivity index is 1.66. The van der Waals surface area contributed by atoms with Crippen molar-refractivity contribution in [3.05, 3.63) is 35.5 Å². The average molecular weight is 296 g/mol. The maximum absolute atomic E-state index is 12.5. The van der Waals surface area contributed by atoms with Gasteiger partial charge < -0.3 is 4.74 Å². The van der Waals surface area contributed by atoms with Gasteiger partial charge in [-0.25, -0.2) is 0 Å². The van der Waals surface area contributed by atoms with Gasteiger partial charge in [0.15, 0.2) is 5.60 Å². The Bertz CT molecular complexity index is 661. The molecular formula is C19H20O3. The molecule has 6 rings (SSSR count). The minimum absolute atomic E-state index is 0.000185. The highest BCUT2D eigenvalue weighted by molar-refractivity contribution is 6.43. The molecule has 22 heavy (non-hydrogen) atoms. The molecule has 6 aliphatic rings. The molecule has 6 aliphatic carbocycles. The summed E-state index contributed by atoms with van der Waals surface area (Å²) in [5.74, 6) is 0.727. The molecule has 0 aromatic heterocycles. The molecule has 4 atom stereocenters. The van der Waals surface area contributed by atoms with Gasteiger partial charge in [0, 0.05) is 18.9 Å². The second-order valence-corrected chi connectivity index (χ2v) is 7.45. The Kier molecular flexibility index (Phi) is 2.41. The van der Waals surface area contributed by atoms with Gasteiger partial charge in [-0.3, -0.25) is 9.59 Å². The van der Waals surface area contributed by atoms with Gasteiger partial charge in [-0.1, -0.05) is 23.8 Å². The van der Waals surface area contributed by atoms with Crippen molar-refractivity contribution in [2.75, 3.05) is 7.11 Å². The van der Waals surface area contributed by atoms with Gasteiger partial charge in [-0.15, -0.1) is 0 Å². The van der Waals surface area contributed by atoms with Crippen molar-refractivity contribution in [2.45, 2.75) is 31.3 Å². The van der Waals surface area contributed by atoms with Crippen LogP contribution in [-0.2, 0) is 14.3 Å². The first-order valence-electron chi connectivity index (χ1n) is 8.42. The summed E-state index contributed by atoms with van der Waals surface area (Å²) < 4.78 is 5.61. The molecule has 3 nitrogen and oxygen atoms in total. The van der Waals surface area contributed by atoms with Gasteiger partial charge in [-0.2, -0.15) is 0 Å². The molecule has 0 aromatic carbocycles. The molecule has 0 aliphatic heterocycles. The number of rotatable bonds is 3. The second kappa shape index (κ2) is 4.08. The Hall–Kier alpha value is -1.48. The molecule has 3 heteroatoms. The number of hydrogen-bond donors (Lipinski definition) is 0. The zero-order chi connectivity index (χ0) is 15.1. The number of ketones is 2. The van der Waals surface area contributed by atoms with E-state index >= 15 is 0 Å². The topological polar surface area (TPSA) is 43.4 Å². The number of allylic oxidation sites excluding steroid dienone is 4. The standard InChI is InChI=1S/C19H20O3/c1-22-19-9-8-13(17(20)18(19)21)16-12(6-7-14(16)19)15(10-2-3-10)11-4-5-11/h6-11,13-14,16H,2-5H2,1H3/t13-,14+,16+,19-/m0/s1. The zero-order valence-electron chi connectivity index (χ0n) is 12.7. The molecule has 0 N–H and O–H groups in total. The van der Waals surface area contributed by atoms with Crippen LogP contribution in [-0.4, -0.2) is 24.3 Å². The number of carbonyl (C=O) groups excluding carboxylic acids is 2. The number of fused-ring (bicyclic) bond motifs is 1. The lowest BCUT2D eigenvalue weighted by molar-refractivity contribution is -0.160. The molecule has 0 amide bonds. The van der Waals surface area contributed by atoms with Crippen molar-refractivity contribution < 1.29 is 14.3 Å². The number of Topliss-reactive ketones (excluding diaryl/α,β-unsaturated/α-hetero) is 2. The van der Waals surface area contributed by atoms with E-state index in [1.165, 1.54) is 31.3 Å². The van der Waals surface area contributed by atoms with Crippen LogP contribution in [0.25, 0.3) is 0 Å². The summed E-state index contributed by atoms with van der Waals surface area (Å²) in [5, 5.41) is 0. The first-order valence-corrected chi connectivity index (χ1v) is 8.42. The molecule has 0 aromatic rings. The Morgan fingerprint density at radius 1 is 1.14 bits per heavy atom. The fourth-order valence-electron chi connectivity index (χ4n) is 4.94. The minimum Gasteiger partial charge on any atom is -0.365 e. The lowest BCUT2D eigenvalue weighted by Crippen LogP contribution is -2.61. The van der Waals surface area contributed by atoms with E-state index in [0.717, 1.165) is 11.8 Å². The van der Waals surface area contributed by atoms with E-state index in [2.05, 4.69) is 12.2 Å². The van der Waals surface area contributed by atoms with E-state index in [-0.39, 0.29) is 29.3 Å². The predicted molar refractivity (Wildman–Crippen MR) is 81.0 cm³/mol. The quantitative estimate of drug-likeness (QED) is 0.594. The minimum atomic E-state index is -1.05. The lowest BCUT2D eigenvalue weighted by atomic mass is 9.58. The van der Waals surface area contributed by atoms with Gasteiger partial charge >= 0.3 is 0 Å². The molecular weight excluding hydrogens is 276 g/mol. The molecule has 2 bridgehead atoms. The largest absolute Gasteiger partial charge is 0.365 e. The SMILES string of the molecule is CO[C@]12C=C[C@H](C(=O)C1=O)[C@H]1C(=C(C3CC3)C3CC3)C=C[C@H]12. The van der Waals surface area contributed by atoms with Crippen LogP contribution in [0.2, 0.25) is 0 Å². The van der Waals surface area contributed by atoms with Crippen molar-refractivity contribution in [1.82, 2.24) is 0 Å². The monoisotopic (exact) mass is 296 g/mol. The van der Waals surface area contributed by atoms with Gasteiger partial charge in [0.05, 0.1) is 5.92 Å². The summed E-state index contributed by atoms with van der Waals surface area (Å²) >= 11 is 0. The molecule has 0 unspecified atom stereocenters. The second-order valence-electron chi connectivity index (χ2n) is 7.45. The third-order valence-electron chi connectivity index (χ3n) is 6.25. The summed E-state index contributed by atoms with van der Waals surface area (Å²) in [7, 11) is 1.55. The van der Waals surface area contributed by atoms with Crippen LogP contribution < -0.4 is 0 Å². The third kappa shape index (κ3) is 1.45. The molecule has 0 saturated heterocycles. The number of ether oxygens (including phenoxy) is 1. The molecule has 0 spiro atoms. The molecule has 0 heterocycles. The summed E-state index contributed by atoms with van der Waals surface area (Å²) in [6.45, 7) is 0. The predicted octanol–water partition coefficient (Wildman–Crippen LogP) is 2.63. The Labute approximate surface area is 130 Å². The molecule has 3 fully saturated rings. The van der Waals surface area contributed by atoms with Crippen LogP contribution in [0.4, 0.5) is 0 Å². The molecule has 0 radical (unpaired) electrons. The normalized spacial score (nSPS) is 42.2. The van der Waals surface area contributed by atoms with Crippen LogP contribution in [0.15, 0.2) is 35.5 Å². The summed E-state index contributed by atoms with van der Waals surface area (Å²) in [6.07, 6.45) is 13.3. The van der Waals surface area contributed by atoms with Gasteiger partial charge in [0.1, 0.15) is 0 Å². The van der Waals surface area contributed by atoms with Crippen LogP contribution in [0.3, 0.4) is 0 Å². The van der Waals surface area contributed by atoms with Crippen LogP contribution >= 0.6 is 0 Å². The Morgan fingerprint density at radius 3 is 2.41 bits per heavy atom. The Morgan fingerprint density at radius 2 is 1.82 bits per heavy atom. The fraction of sp³-hybridized carbons (Fsp3) is 0.579. The van der Waals surface area contributed by atoms with Gasteiger partial charge in [-0.05, 0) is 49.2 Å². The van der Waals surface area contributed by atoms with Crippen LogP contribution in [0.1, 0.15) is 25.7 Å². The smallest absolute Gasteiger partial charge is 0.235 e. The maximum atomic E-state index is 12.5. The highest BCUT2D eigenvalue weighted by Gasteiger charge is 2.62. The van der Waals surface area contributed by atoms with E-state index in [0.29, 0.717) is 0 Å². The first kappa shape index (κ1) is 13.0. The van der Waals surface area contributed by atoms with Crippen LogP contribution in [0, 0.1) is 29.6 Å². The first-order chi connectivity index (χ1) is 10.7. The lowest BCUT2D eigenvalue weighted by Gasteiger charge is -2.47. The van der Waals surface area contributed by atoms with Crippen molar-refractivity contribution >= 4 is 11.6 Å². The van der Waals surface area contributed by atoms with E-state index in [4.69, 9.17) is 4.74 Å². The maximum Gasteiger partial charge on any atom is 0.235 e. The van der Waals surface area contributed by atoms with E-state index < -0.39 is 5.60 Å². The molecule has 3 saturated carbocycles. The summed E-state index contributed by atoms with van der Waals surface area (Å²) in [6, 6.07) is 0. The summed E-state index contributed by atoms with van der Waals surface area (Å²) in [4.78, 5) is 25.0. The number of methoxy groups -OCH3 is 1. The van der Waals surface area contributed by atoms with E-state index in [1.54, 1.807) is 12.7 Å². The van der Waals surface area contributed by atoms with Crippen LogP contribution in [0.5, 0.6) is 0 Å². The van der Waals surface area contributed by atoms with Gasteiger partial charge in [0.2, 0.25) is 11.6 Å². The number of hydrogen-bond acceptors (Lipinski definition) is 3. The third-order valence-corrected chi connectivity index (χ3v) is 6.25. The summed E-state index contributed by atoms with van der Waals surface area (Å²) in [5.41, 5.74) is 1.93. The van der Waals surface area contributed by atoms with E-state index in [1.807, 2.05) is 12.2 Å².